The minimum absolute atomic E-state index is 0.316. The van der Waals surface area contributed by atoms with Crippen LogP contribution in [0.3, 0.4) is 0 Å². The average Bonchev–Trinajstić information content (AvgIpc) is 2.62. The van der Waals surface area contributed by atoms with Crippen LogP contribution < -0.4 is 10.5 Å². The first-order valence-corrected chi connectivity index (χ1v) is 9.03. The van der Waals surface area contributed by atoms with Crippen molar-refractivity contribution in [2.24, 2.45) is 5.73 Å². The first kappa shape index (κ1) is 18.4. The number of fused-ring (bicyclic) bond motifs is 1. The molecule has 0 aromatic heterocycles. The molecule has 0 unspecified atom stereocenters. The van der Waals surface area contributed by atoms with Crippen molar-refractivity contribution in [1.29, 1.82) is 0 Å². The molecular weight excluding hydrogens is 328 g/mol. The summed E-state index contributed by atoms with van der Waals surface area (Å²) >= 11 is 0. The van der Waals surface area contributed by atoms with Gasteiger partial charge in [-0.25, -0.2) is 0 Å². The van der Waals surface area contributed by atoms with Crippen LogP contribution >= 0.6 is 0 Å². The molecule has 0 spiro atoms. The fourth-order valence-corrected chi connectivity index (χ4v) is 3.52. The van der Waals surface area contributed by atoms with Crippen molar-refractivity contribution >= 4 is 5.91 Å². The smallest absolute Gasteiger partial charge is 0.235 e. The third kappa shape index (κ3) is 3.89. The predicted molar refractivity (Wildman–Crippen MR) is 101 cm³/mol. The molecule has 0 aliphatic carbocycles. The predicted octanol–water partition coefficient (Wildman–Crippen LogP) is 2.55. The molecule has 1 aliphatic rings. The number of aliphatic hydroxyl groups is 1. The Balaban J connectivity index is 1.93. The molecule has 0 radical (unpaired) electrons. The van der Waals surface area contributed by atoms with Gasteiger partial charge in [-0.1, -0.05) is 30.3 Å². The zero-order chi connectivity index (χ0) is 18.7. The van der Waals surface area contributed by atoms with E-state index in [4.69, 9.17) is 10.5 Å². The van der Waals surface area contributed by atoms with Gasteiger partial charge in [-0.15, -0.1) is 0 Å². The summed E-state index contributed by atoms with van der Waals surface area (Å²) in [7, 11) is 0. The van der Waals surface area contributed by atoms with Gasteiger partial charge in [-0.3, -0.25) is 9.69 Å². The molecule has 5 heteroatoms. The minimum Gasteiger partial charge on any atom is -0.494 e. The molecular formula is C21H26N2O3. The highest BCUT2D eigenvalue weighted by atomic mass is 16.5. The normalized spacial score (nSPS) is 18.2. The van der Waals surface area contributed by atoms with Crippen LogP contribution in [0.15, 0.2) is 42.5 Å². The van der Waals surface area contributed by atoms with Gasteiger partial charge in [0, 0.05) is 18.7 Å². The minimum atomic E-state index is -0.557. The molecule has 0 saturated carbocycles. The van der Waals surface area contributed by atoms with Gasteiger partial charge >= 0.3 is 0 Å². The topological polar surface area (TPSA) is 75.8 Å². The summed E-state index contributed by atoms with van der Waals surface area (Å²) in [6, 6.07) is 13.5. The van der Waals surface area contributed by atoms with Gasteiger partial charge in [-0.2, -0.15) is 0 Å². The number of aliphatic hydroxyl groups excluding tert-OH is 1. The zero-order valence-corrected chi connectivity index (χ0v) is 15.3. The number of primary amides is 1. The van der Waals surface area contributed by atoms with Crippen LogP contribution in [0.5, 0.6) is 5.75 Å². The first-order valence-electron chi connectivity index (χ1n) is 9.03. The molecule has 138 valence electrons. The highest BCUT2D eigenvalue weighted by Crippen LogP contribution is 2.29. The Labute approximate surface area is 154 Å². The van der Waals surface area contributed by atoms with Crippen molar-refractivity contribution < 1.29 is 14.6 Å². The average molecular weight is 354 g/mol. The van der Waals surface area contributed by atoms with Crippen molar-refractivity contribution in [3.05, 3.63) is 64.7 Å². The van der Waals surface area contributed by atoms with Crippen molar-refractivity contribution in [2.75, 3.05) is 6.61 Å². The summed E-state index contributed by atoms with van der Waals surface area (Å²) in [5.74, 6) is 0.461. The SMILES string of the molecule is CCOc1ccc([C@@H](C)O)cc1CN1Cc2ccccc2C[C@H]1C(N)=O. The van der Waals surface area contributed by atoms with E-state index < -0.39 is 6.10 Å². The van der Waals surface area contributed by atoms with Gasteiger partial charge in [0.25, 0.3) is 0 Å². The Morgan fingerprint density at radius 1 is 1.31 bits per heavy atom. The molecule has 3 N–H and O–H groups in total. The molecule has 0 bridgehead atoms. The van der Waals surface area contributed by atoms with Crippen molar-refractivity contribution in [2.45, 2.75) is 45.5 Å². The number of benzene rings is 2. The number of carbonyl (C=O) groups excluding carboxylic acids is 1. The van der Waals surface area contributed by atoms with E-state index in [0.29, 0.717) is 26.1 Å². The third-order valence-electron chi connectivity index (χ3n) is 4.91. The lowest BCUT2D eigenvalue weighted by Gasteiger charge is -2.35. The Morgan fingerprint density at radius 3 is 2.69 bits per heavy atom. The number of nitrogens with zero attached hydrogens (tertiary/aromatic N) is 1. The molecule has 26 heavy (non-hydrogen) atoms. The first-order chi connectivity index (χ1) is 12.5. The number of carbonyl (C=O) groups is 1. The van der Waals surface area contributed by atoms with E-state index in [1.54, 1.807) is 6.92 Å². The van der Waals surface area contributed by atoms with Crippen LogP contribution in [0.1, 0.15) is 42.2 Å². The third-order valence-corrected chi connectivity index (χ3v) is 4.91. The second-order valence-corrected chi connectivity index (χ2v) is 6.77. The van der Waals surface area contributed by atoms with Gasteiger partial charge in [0.15, 0.2) is 0 Å². The number of amides is 1. The summed E-state index contributed by atoms with van der Waals surface area (Å²) in [6.45, 7) is 5.44. The molecule has 1 heterocycles. The maximum Gasteiger partial charge on any atom is 0.235 e. The molecule has 0 fully saturated rings. The van der Waals surface area contributed by atoms with Crippen LogP contribution in [-0.4, -0.2) is 28.6 Å². The van der Waals surface area contributed by atoms with Crippen molar-refractivity contribution in [1.82, 2.24) is 4.90 Å². The van der Waals surface area contributed by atoms with Gasteiger partial charge in [0.05, 0.1) is 18.8 Å². The van der Waals surface area contributed by atoms with Gasteiger partial charge in [-0.05, 0) is 49.1 Å². The molecule has 2 aromatic rings. The molecule has 5 nitrogen and oxygen atoms in total. The molecule has 1 amide bonds. The van der Waals surface area contributed by atoms with E-state index in [0.717, 1.165) is 16.9 Å². The molecule has 3 rings (SSSR count). The van der Waals surface area contributed by atoms with E-state index in [-0.39, 0.29) is 11.9 Å². The Hall–Kier alpha value is -2.37. The van der Waals surface area contributed by atoms with E-state index in [1.165, 1.54) is 11.1 Å². The summed E-state index contributed by atoms with van der Waals surface area (Å²) in [5, 5.41) is 9.92. The van der Waals surface area contributed by atoms with Crippen LogP contribution in [0, 0.1) is 0 Å². The molecule has 0 saturated heterocycles. The van der Waals surface area contributed by atoms with Gasteiger partial charge in [0.2, 0.25) is 5.91 Å². The van der Waals surface area contributed by atoms with Gasteiger partial charge in [0.1, 0.15) is 5.75 Å². The fraction of sp³-hybridized carbons (Fsp3) is 0.381. The Morgan fingerprint density at radius 2 is 2.04 bits per heavy atom. The van der Waals surface area contributed by atoms with Crippen molar-refractivity contribution in [3.8, 4) is 5.75 Å². The van der Waals surface area contributed by atoms with E-state index >= 15 is 0 Å². The number of ether oxygens (including phenoxy) is 1. The number of hydrogen-bond donors (Lipinski definition) is 2. The summed E-state index contributed by atoms with van der Waals surface area (Å²) < 4.78 is 5.75. The van der Waals surface area contributed by atoms with Crippen LogP contribution in [0.4, 0.5) is 0 Å². The fourth-order valence-electron chi connectivity index (χ4n) is 3.52. The highest BCUT2D eigenvalue weighted by molar-refractivity contribution is 5.80. The Bertz CT molecular complexity index is 789. The second kappa shape index (κ2) is 7.89. The monoisotopic (exact) mass is 354 g/mol. The largest absolute Gasteiger partial charge is 0.494 e. The maximum absolute atomic E-state index is 12.1. The van der Waals surface area contributed by atoms with Crippen LogP contribution in [0.25, 0.3) is 0 Å². The summed E-state index contributed by atoms with van der Waals surface area (Å²) in [5.41, 5.74) is 9.87. The van der Waals surface area contributed by atoms with E-state index in [2.05, 4.69) is 17.0 Å². The molecule has 2 atom stereocenters. The second-order valence-electron chi connectivity index (χ2n) is 6.77. The van der Waals surface area contributed by atoms with E-state index in [9.17, 15) is 9.90 Å². The summed E-state index contributed by atoms with van der Waals surface area (Å²) in [4.78, 5) is 14.2. The van der Waals surface area contributed by atoms with Crippen LogP contribution in [-0.2, 0) is 24.3 Å². The lowest BCUT2D eigenvalue weighted by atomic mass is 9.93. The summed E-state index contributed by atoms with van der Waals surface area (Å²) in [6.07, 6.45) is 0.0596. The highest BCUT2D eigenvalue weighted by Gasteiger charge is 2.30. The number of nitrogens with two attached hydrogens (primary N) is 1. The van der Waals surface area contributed by atoms with Gasteiger partial charge < -0.3 is 15.6 Å². The lowest BCUT2D eigenvalue weighted by molar-refractivity contribution is -0.124. The molecule has 1 aliphatic heterocycles. The van der Waals surface area contributed by atoms with Crippen molar-refractivity contribution in [3.63, 3.8) is 0 Å². The maximum atomic E-state index is 12.1. The Kier molecular flexibility index (Phi) is 5.59. The number of hydrogen-bond acceptors (Lipinski definition) is 4. The standard InChI is InChI=1S/C21H26N2O3/c1-3-26-20-9-8-15(14(2)24)10-18(20)13-23-12-17-7-5-4-6-16(17)11-19(23)21(22)25/h4-10,14,19,24H,3,11-13H2,1-2H3,(H2,22,25)/t14-,19+/m1/s1. The van der Waals surface area contributed by atoms with E-state index in [1.807, 2.05) is 37.3 Å². The quantitative estimate of drug-likeness (QED) is 0.836. The lowest BCUT2D eigenvalue weighted by Crippen LogP contribution is -2.48. The number of rotatable bonds is 6. The zero-order valence-electron chi connectivity index (χ0n) is 15.3. The van der Waals surface area contributed by atoms with Crippen LogP contribution in [0.2, 0.25) is 0 Å². The molecule has 2 aromatic carbocycles.